The summed E-state index contributed by atoms with van der Waals surface area (Å²) in [5.41, 5.74) is 1.92. The second-order valence-corrected chi connectivity index (χ2v) is 5.48. The lowest BCUT2D eigenvalue weighted by molar-refractivity contribution is 0.0697. The molecule has 2 N–H and O–H groups in total. The molecular formula is C15H22N2O2. The van der Waals surface area contributed by atoms with Crippen molar-refractivity contribution in [3.63, 3.8) is 0 Å². The molecule has 0 atom stereocenters. The zero-order valence-corrected chi connectivity index (χ0v) is 11.7. The molecule has 19 heavy (non-hydrogen) atoms. The lowest BCUT2D eigenvalue weighted by atomic mass is 10.0. The second-order valence-electron chi connectivity index (χ2n) is 5.48. The van der Waals surface area contributed by atoms with E-state index in [-0.39, 0.29) is 0 Å². The SMILES string of the molecule is Cc1cc(C)c(C(=O)O)c(NCCC2CCCC2)n1. The highest BCUT2D eigenvalue weighted by Gasteiger charge is 2.17. The zero-order chi connectivity index (χ0) is 13.8. The summed E-state index contributed by atoms with van der Waals surface area (Å²) in [6.45, 7) is 4.52. The molecule has 0 aliphatic heterocycles. The topological polar surface area (TPSA) is 62.2 Å². The Labute approximate surface area is 114 Å². The molecule has 1 aliphatic carbocycles. The third-order valence-corrected chi connectivity index (χ3v) is 3.88. The van der Waals surface area contributed by atoms with Crippen LogP contribution < -0.4 is 5.32 Å². The van der Waals surface area contributed by atoms with Crippen LogP contribution in [0.2, 0.25) is 0 Å². The molecule has 0 aromatic carbocycles. The van der Waals surface area contributed by atoms with Crippen LogP contribution in [0.25, 0.3) is 0 Å². The number of nitrogens with one attached hydrogen (secondary N) is 1. The summed E-state index contributed by atoms with van der Waals surface area (Å²) in [6.07, 6.45) is 6.41. The number of carbonyl (C=O) groups is 1. The van der Waals surface area contributed by atoms with Crippen LogP contribution in [0.3, 0.4) is 0 Å². The van der Waals surface area contributed by atoms with Crippen LogP contribution in [0.4, 0.5) is 5.82 Å². The van der Waals surface area contributed by atoms with E-state index in [2.05, 4.69) is 10.3 Å². The maximum absolute atomic E-state index is 11.3. The summed E-state index contributed by atoms with van der Waals surface area (Å²) in [4.78, 5) is 15.6. The number of anilines is 1. The number of carboxylic acid groups (broad SMARTS) is 1. The third-order valence-electron chi connectivity index (χ3n) is 3.88. The molecule has 4 nitrogen and oxygen atoms in total. The van der Waals surface area contributed by atoms with Gasteiger partial charge in [0.15, 0.2) is 0 Å². The molecule has 0 unspecified atom stereocenters. The number of rotatable bonds is 5. The van der Waals surface area contributed by atoms with E-state index in [0.717, 1.165) is 30.1 Å². The zero-order valence-electron chi connectivity index (χ0n) is 11.7. The van der Waals surface area contributed by atoms with E-state index in [1.807, 2.05) is 19.9 Å². The van der Waals surface area contributed by atoms with Gasteiger partial charge in [-0.25, -0.2) is 9.78 Å². The predicted molar refractivity (Wildman–Crippen MR) is 75.7 cm³/mol. The minimum Gasteiger partial charge on any atom is -0.478 e. The minimum absolute atomic E-state index is 0.303. The van der Waals surface area contributed by atoms with Crippen molar-refractivity contribution in [3.05, 3.63) is 22.9 Å². The molecule has 1 saturated carbocycles. The molecule has 4 heteroatoms. The van der Waals surface area contributed by atoms with Gasteiger partial charge in [0.05, 0.1) is 0 Å². The van der Waals surface area contributed by atoms with Crippen molar-refractivity contribution in [1.29, 1.82) is 0 Å². The van der Waals surface area contributed by atoms with E-state index in [0.29, 0.717) is 11.4 Å². The Morgan fingerprint density at radius 1 is 1.42 bits per heavy atom. The van der Waals surface area contributed by atoms with Crippen molar-refractivity contribution in [2.24, 2.45) is 5.92 Å². The first-order valence-electron chi connectivity index (χ1n) is 7.03. The monoisotopic (exact) mass is 262 g/mol. The van der Waals surface area contributed by atoms with Crippen molar-refractivity contribution in [2.45, 2.75) is 46.0 Å². The summed E-state index contributed by atoms with van der Waals surface area (Å²) < 4.78 is 0. The van der Waals surface area contributed by atoms with Gasteiger partial charge in [0.25, 0.3) is 0 Å². The number of nitrogens with zero attached hydrogens (tertiary/aromatic N) is 1. The summed E-state index contributed by atoms with van der Waals surface area (Å²) >= 11 is 0. The smallest absolute Gasteiger partial charge is 0.339 e. The third kappa shape index (κ3) is 3.46. The lowest BCUT2D eigenvalue weighted by Crippen LogP contribution is -2.13. The molecule has 0 radical (unpaired) electrons. The maximum Gasteiger partial charge on any atom is 0.339 e. The summed E-state index contributed by atoms with van der Waals surface area (Å²) in [5.74, 6) is 0.406. The Balaban J connectivity index is 2.03. The molecule has 104 valence electrons. The van der Waals surface area contributed by atoms with E-state index < -0.39 is 5.97 Å². The average molecular weight is 262 g/mol. The second kappa shape index (κ2) is 6.04. The van der Waals surface area contributed by atoms with Crippen LogP contribution in [0.1, 0.15) is 53.7 Å². The van der Waals surface area contributed by atoms with Crippen molar-refractivity contribution in [1.82, 2.24) is 4.98 Å². The fraction of sp³-hybridized carbons (Fsp3) is 0.600. The molecule has 1 aromatic rings. The summed E-state index contributed by atoms with van der Waals surface area (Å²) in [7, 11) is 0. The van der Waals surface area contributed by atoms with E-state index in [1.165, 1.54) is 25.7 Å². The largest absolute Gasteiger partial charge is 0.478 e. The highest BCUT2D eigenvalue weighted by Crippen LogP contribution is 2.27. The number of hydrogen-bond donors (Lipinski definition) is 2. The van der Waals surface area contributed by atoms with Gasteiger partial charge >= 0.3 is 5.97 Å². The number of aromatic carboxylic acids is 1. The molecule has 0 amide bonds. The van der Waals surface area contributed by atoms with Crippen molar-refractivity contribution in [3.8, 4) is 0 Å². The van der Waals surface area contributed by atoms with Gasteiger partial charge in [0.2, 0.25) is 0 Å². The Morgan fingerprint density at radius 2 is 2.11 bits per heavy atom. The van der Waals surface area contributed by atoms with Gasteiger partial charge in [0, 0.05) is 12.2 Å². The van der Waals surface area contributed by atoms with Gasteiger partial charge < -0.3 is 10.4 Å². The van der Waals surface area contributed by atoms with Gasteiger partial charge in [-0.3, -0.25) is 0 Å². The molecule has 1 heterocycles. The van der Waals surface area contributed by atoms with Crippen molar-refractivity contribution in [2.75, 3.05) is 11.9 Å². The van der Waals surface area contributed by atoms with Crippen LogP contribution in [0, 0.1) is 19.8 Å². The average Bonchev–Trinajstić information content (AvgIpc) is 2.80. The molecule has 1 aliphatic rings. The maximum atomic E-state index is 11.3. The van der Waals surface area contributed by atoms with Crippen molar-refractivity contribution >= 4 is 11.8 Å². The van der Waals surface area contributed by atoms with Crippen LogP contribution in [-0.2, 0) is 0 Å². The molecular weight excluding hydrogens is 240 g/mol. The van der Waals surface area contributed by atoms with Crippen LogP contribution in [0.15, 0.2) is 6.07 Å². The highest BCUT2D eigenvalue weighted by molar-refractivity contribution is 5.94. The Morgan fingerprint density at radius 3 is 2.74 bits per heavy atom. The van der Waals surface area contributed by atoms with Crippen LogP contribution >= 0.6 is 0 Å². The first-order chi connectivity index (χ1) is 9.08. The van der Waals surface area contributed by atoms with Gasteiger partial charge in [-0.1, -0.05) is 25.7 Å². The Hall–Kier alpha value is -1.58. The number of hydrogen-bond acceptors (Lipinski definition) is 3. The predicted octanol–water partition coefficient (Wildman–Crippen LogP) is 3.39. The normalized spacial score (nSPS) is 15.7. The van der Waals surface area contributed by atoms with Crippen LogP contribution in [0.5, 0.6) is 0 Å². The molecule has 0 bridgehead atoms. The molecule has 2 rings (SSSR count). The Bertz CT molecular complexity index is 465. The number of pyridine rings is 1. The first-order valence-corrected chi connectivity index (χ1v) is 7.03. The minimum atomic E-state index is -0.909. The van der Waals surface area contributed by atoms with Crippen molar-refractivity contribution < 1.29 is 9.90 Å². The summed E-state index contributed by atoms with van der Waals surface area (Å²) in [6, 6.07) is 1.81. The number of carboxylic acids is 1. The molecule has 1 fully saturated rings. The quantitative estimate of drug-likeness (QED) is 0.853. The highest BCUT2D eigenvalue weighted by atomic mass is 16.4. The lowest BCUT2D eigenvalue weighted by Gasteiger charge is -2.14. The summed E-state index contributed by atoms with van der Waals surface area (Å²) in [5, 5.41) is 12.5. The molecule has 0 spiro atoms. The van der Waals surface area contributed by atoms with E-state index in [9.17, 15) is 9.90 Å². The van der Waals surface area contributed by atoms with E-state index in [1.54, 1.807) is 0 Å². The van der Waals surface area contributed by atoms with Gasteiger partial charge in [0.1, 0.15) is 11.4 Å². The molecule has 0 saturated heterocycles. The van der Waals surface area contributed by atoms with Crippen LogP contribution in [-0.4, -0.2) is 22.6 Å². The first kappa shape index (κ1) is 13.8. The molecule has 1 aromatic heterocycles. The number of aryl methyl sites for hydroxylation is 2. The fourth-order valence-electron chi connectivity index (χ4n) is 2.93. The van der Waals surface area contributed by atoms with Gasteiger partial charge in [-0.2, -0.15) is 0 Å². The standard InChI is InChI=1S/C15H22N2O2/c1-10-9-11(2)17-14(13(10)15(18)19)16-8-7-12-5-3-4-6-12/h9,12H,3-8H2,1-2H3,(H,16,17)(H,18,19). The number of aromatic nitrogens is 1. The van der Waals surface area contributed by atoms with Gasteiger partial charge in [-0.05, 0) is 37.8 Å². The van der Waals surface area contributed by atoms with E-state index in [4.69, 9.17) is 0 Å². The van der Waals surface area contributed by atoms with E-state index >= 15 is 0 Å². The Kier molecular flexibility index (Phi) is 4.40. The van der Waals surface area contributed by atoms with Gasteiger partial charge in [-0.15, -0.1) is 0 Å². The fourth-order valence-corrected chi connectivity index (χ4v) is 2.93.